The van der Waals surface area contributed by atoms with E-state index in [2.05, 4.69) is 0 Å². The van der Waals surface area contributed by atoms with E-state index in [1.54, 1.807) is 0 Å². The normalized spacial score (nSPS) is 19.0. The first-order valence-electron chi connectivity index (χ1n) is 5.48. The number of hydrogen-bond acceptors (Lipinski definition) is 4. The van der Waals surface area contributed by atoms with Crippen molar-refractivity contribution in [3.63, 3.8) is 0 Å². The van der Waals surface area contributed by atoms with Crippen LogP contribution >= 0.6 is 0 Å². The lowest BCUT2D eigenvalue weighted by Crippen LogP contribution is -2.32. The predicted molar refractivity (Wildman–Crippen MR) is 61.6 cm³/mol. The molecule has 1 saturated heterocycles. The first-order chi connectivity index (χ1) is 8.49. The van der Waals surface area contributed by atoms with Crippen molar-refractivity contribution in [3.05, 3.63) is 39.7 Å². The van der Waals surface area contributed by atoms with Gasteiger partial charge in [-0.05, 0) is 18.6 Å². The topological polar surface area (TPSA) is 89.5 Å². The number of amides is 1. The van der Waals surface area contributed by atoms with Crippen molar-refractivity contribution in [2.45, 2.75) is 12.5 Å². The largest absolute Gasteiger partial charge is 0.337 e. The third-order valence-electron chi connectivity index (χ3n) is 2.90. The Hall–Kier alpha value is -2.02. The number of carbonyl (C=O) groups is 1. The monoisotopic (exact) mass is 253 g/mol. The van der Waals surface area contributed by atoms with Crippen molar-refractivity contribution < 1.29 is 14.1 Å². The third-order valence-corrected chi connectivity index (χ3v) is 2.90. The minimum Gasteiger partial charge on any atom is -0.337 e. The molecule has 6 nitrogen and oxygen atoms in total. The zero-order chi connectivity index (χ0) is 13.3. The van der Waals surface area contributed by atoms with Crippen molar-refractivity contribution in [1.82, 2.24) is 4.90 Å². The highest BCUT2D eigenvalue weighted by atomic mass is 19.1. The first kappa shape index (κ1) is 12.4. The number of carbonyl (C=O) groups excluding carboxylic acids is 1. The van der Waals surface area contributed by atoms with Gasteiger partial charge >= 0.3 is 0 Å². The summed E-state index contributed by atoms with van der Waals surface area (Å²) < 4.78 is 13.1. The molecule has 2 N–H and O–H groups in total. The number of nitrogens with two attached hydrogens (primary N) is 1. The summed E-state index contributed by atoms with van der Waals surface area (Å²) in [4.78, 5) is 23.6. The highest BCUT2D eigenvalue weighted by Gasteiger charge is 2.29. The zero-order valence-corrected chi connectivity index (χ0v) is 9.51. The maximum absolute atomic E-state index is 13.1. The molecule has 0 radical (unpaired) electrons. The first-order valence-corrected chi connectivity index (χ1v) is 5.48. The van der Waals surface area contributed by atoms with Crippen LogP contribution in [0.3, 0.4) is 0 Å². The summed E-state index contributed by atoms with van der Waals surface area (Å²) in [6.07, 6.45) is 0.648. The molecule has 0 aliphatic carbocycles. The van der Waals surface area contributed by atoms with Crippen molar-refractivity contribution >= 4 is 11.6 Å². The molecule has 96 valence electrons. The minimum absolute atomic E-state index is 0.124. The highest BCUT2D eigenvalue weighted by molar-refractivity contribution is 5.98. The van der Waals surface area contributed by atoms with Crippen molar-refractivity contribution in [3.8, 4) is 0 Å². The fourth-order valence-corrected chi connectivity index (χ4v) is 1.98. The summed E-state index contributed by atoms with van der Waals surface area (Å²) in [5.41, 5.74) is 5.05. The van der Waals surface area contributed by atoms with E-state index in [0.29, 0.717) is 19.5 Å². The summed E-state index contributed by atoms with van der Waals surface area (Å²) in [5, 5.41) is 10.8. The van der Waals surface area contributed by atoms with Crippen LogP contribution in [0, 0.1) is 15.9 Å². The molecule has 1 aliphatic rings. The number of benzene rings is 1. The van der Waals surface area contributed by atoms with Gasteiger partial charge in [0.15, 0.2) is 0 Å². The summed E-state index contributed by atoms with van der Waals surface area (Å²) >= 11 is 0. The molecule has 0 unspecified atom stereocenters. The number of rotatable bonds is 2. The average Bonchev–Trinajstić information content (AvgIpc) is 2.74. The van der Waals surface area contributed by atoms with Crippen LogP contribution in [0.15, 0.2) is 18.2 Å². The summed E-state index contributed by atoms with van der Waals surface area (Å²) in [6, 6.07) is 2.73. The number of likely N-dealkylation sites (tertiary alicyclic amines) is 1. The molecule has 1 heterocycles. The third kappa shape index (κ3) is 2.30. The Kier molecular flexibility index (Phi) is 3.24. The van der Waals surface area contributed by atoms with Crippen LogP contribution in [0.25, 0.3) is 0 Å². The molecule has 0 spiro atoms. The van der Waals surface area contributed by atoms with Gasteiger partial charge < -0.3 is 10.6 Å². The SMILES string of the molecule is N[C@H]1CCN(C(=O)c2cc(F)ccc2[N+](=O)[O-])C1. The Morgan fingerprint density at radius 3 is 2.83 bits per heavy atom. The average molecular weight is 253 g/mol. The Morgan fingerprint density at radius 1 is 1.56 bits per heavy atom. The lowest BCUT2D eigenvalue weighted by molar-refractivity contribution is -0.385. The Balaban J connectivity index is 2.34. The number of halogens is 1. The van der Waals surface area contributed by atoms with Gasteiger partial charge in [0.1, 0.15) is 11.4 Å². The van der Waals surface area contributed by atoms with E-state index in [1.807, 2.05) is 0 Å². The molecule has 0 aromatic heterocycles. The minimum atomic E-state index is -0.692. The van der Waals surface area contributed by atoms with Gasteiger partial charge in [0.2, 0.25) is 0 Å². The second-order valence-corrected chi connectivity index (χ2v) is 4.22. The molecule has 1 aromatic rings. The van der Waals surface area contributed by atoms with Gasteiger partial charge in [-0.25, -0.2) is 4.39 Å². The highest BCUT2D eigenvalue weighted by Crippen LogP contribution is 2.22. The van der Waals surface area contributed by atoms with Gasteiger partial charge in [-0.2, -0.15) is 0 Å². The second-order valence-electron chi connectivity index (χ2n) is 4.22. The molecule has 7 heteroatoms. The van der Waals surface area contributed by atoms with E-state index in [1.165, 1.54) is 4.90 Å². The molecule has 1 aromatic carbocycles. The summed E-state index contributed by atoms with van der Waals surface area (Å²) in [7, 11) is 0. The number of nitro benzene ring substituents is 1. The standard InChI is InChI=1S/C11H12FN3O3/c12-7-1-2-10(15(17)18)9(5-7)11(16)14-4-3-8(13)6-14/h1-2,5,8H,3-4,6,13H2/t8-/m0/s1. The van der Waals surface area contributed by atoms with Crippen LogP contribution in [0.2, 0.25) is 0 Å². The van der Waals surface area contributed by atoms with Crippen molar-refractivity contribution in [2.75, 3.05) is 13.1 Å². The van der Waals surface area contributed by atoms with E-state index in [4.69, 9.17) is 5.73 Å². The van der Waals surface area contributed by atoms with Crippen LogP contribution in [-0.4, -0.2) is 34.9 Å². The lowest BCUT2D eigenvalue weighted by Gasteiger charge is -2.15. The van der Waals surface area contributed by atoms with E-state index >= 15 is 0 Å². The fourth-order valence-electron chi connectivity index (χ4n) is 1.98. The summed E-state index contributed by atoms with van der Waals surface area (Å²) in [6.45, 7) is 0.778. The molecule has 1 amide bonds. The van der Waals surface area contributed by atoms with Crippen molar-refractivity contribution in [2.24, 2.45) is 5.73 Å². The smallest absolute Gasteiger partial charge is 0.282 e. The molecular formula is C11H12FN3O3. The Morgan fingerprint density at radius 2 is 2.28 bits per heavy atom. The molecule has 18 heavy (non-hydrogen) atoms. The number of nitrogens with zero attached hydrogens (tertiary/aromatic N) is 2. The van der Waals surface area contributed by atoms with Gasteiger partial charge in [0, 0.05) is 25.2 Å². The van der Waals surface area contributed by atoms with Crippen LogP contribution in [-0.2, 0) is 0 Å². The quantitative estimate of drug-likeness (QED) is 0.626. The summed E-state index contributed by atoms with van der Waals surface area (Å²) in [5.74, 6) is -1.22. The van der Waals surface area contributed by atoms with Crippen molar-refractivity contribution in [1.29, 1.82) is 0 Å². The van der Waals surface area contributed by atoms with E-state index in [0.717, 1.165) is 18.2 Å². The molecule has 1 aliphatic heterocycles. The van der Waals surface area contributed by atoms with Crippen LogP contribution in [0.4, 0.5) is 10.1 Å². The van der Waals surface area contributed by atoms with Gasteiger partial charge in [0.25, 0.3) is 11.6 Å². The molecule has 0 bridgehead atoms. The maximum Gasteiger partial charge on any atom is 0.282 e. The van der Waals surface area contributed by atoms with Gasteiger partial charge in [-0.15, -0.1) is 0 Å². The van der Waals surface area contributed by atoms with E-state index < -0.39 is 16.6 Å². The van der Waals surface area contributed by atoms with Gasteiger partial charge in [-0.3, -0.25) is 14.9 Å². The number of nitro groups is 1. The molecular weight excluding hydrogens is 241 g/mol. The van der Waals surface area contributed by atoms with Gasteiger partial charge in [0.05, 0.1) is 4.92 Å². The predicted octanol–water partition coefficient (Wildman–Crippen LogP) is 0.907. The molecule has 0 saturated carbocycles. The van der Waals surface area contributed by atoms with Gasteiger partial charge in [-0.1, -0.05) is 0 Å². The number of hydrogen-bond donors (Lipinski definition) is 1. The van der Waals surface area contributed by atoms with E-state index in [9.17, 15) is 19.3 Å². The second kappa shape index (κ2) is 4.69. The van der Waals surface area contributed by atoms with Crippen LogP contribution in [0.5, 0.6) is 0 Å². The van der Waals surface area contributed by atoms with Crippen LogP contribution in [0.1, 0.15) is 16.8 Å². The van der Waals surface area contributed by atoms with Crippen LogP contribution < -0.4 is 5.73 Å². The lowest BCUT2D eigenvalue weighted by atomic mass is 10.1. The molecule has 1 atom stereocenters. The fraction of sp³-hybridized carbons (Fsp3) is 0.364. The van der Waals surface area contributed by atoms with E-state index in [-0.39, 0.29) is 17.3 Å². The Labute approximate surface area is 102 Å². The Bertz CT molecular complexity index is 506. The zero-order valence-electron chi connectivity index (χ0n) is 9.51. The molecule has 1 fully saturated rings. The molecule has 2 rings (SSSR count). The maximum atomic E-state index is 13.1.